The zero-order valence-electron chi connectivity index (χ0n) is 15.8. The summed E-state index contributed by atoms with van der Waals surface area (Å²) in [4.78, 5) is 32.5. The summed E-state index contributed by atoms with van der Waals surface area (Å²) >= 11 is 1.33. The van der Waals surface area contributed by atoms with Crippen LogP contribution in [0, 0.1) is 5.92 Å². The molecule has 0 spiro atoms. The van der Waals surface area contributed by atoms with E-state index in [1.54, 1.807) is 24.7 Å². The number of rotatable bonds is 5. The molecule has 1 saturated heterocycles. The summed E-state index contributed by atoms with van der Waals surface area (Å²) in [5.74, 6) is 0.855. The summed E-state index contributed by atoms with van der Waals surface area (Å²) in [5.41, 5.74) is 0.625. The Morgan fingerprint density at radius 2 is 1.86 bits per heavy atom. The zero-order valence-corrected chi connectivity index (χ0v) is 16.6. The second kappa shape index (κ2) is 7.51. The highest BCUT2D eigenvalue weighted by Crippen LogP contribution is 2.39. The number of aromatic nitrogens is 1. The van der Waals surface area contributed by atoms with Crippen LogP contribution in [-0.2, 0) is 9.59 Å². The molecule has 1 aliphatic heterocycles. The highest BCUT2D eigenvalue weighted by atomic mass is 32.1. The Morgan fingerprint density at radius 1 is 1.14 bits per heavy atom. The number of amides is 2. The molecule has 2 amide bonds. The van der Waals surface area contributed by atoms with Gasteiger partial charge in [0.25, 0.3) is 0 Å². The third kappa shape index (κ3) is 3.48. The molecule has 1 N–H and O–H groups in total. The first-order chi connectivity index (χ1) is 14.2. The van der Waals surface area contributed by atoms with Gasteiger partial charge >= 0.3 is 0 Å². The monoisotopic (exact) mass is 411 g/mol. The molecule has 2 aliphatic rings. The first kappa shape index (κ1) is 18.2. The predicted molar refractivity (Wildman–Crippen MR) is 108 cm³/mol. The summed E-state index contributed by atoms with van der Waals surface area (Å²) < 4.78 is 11.0. The topological polar surface area (TPSA) is 88.6 Å². The van der Waals surface area contributed by atoms with Gasteiger partial charge in [-0.1, -0.05) is 24.2 Å². The Labute approximate surface area is 171 Å². The van der Waals surface area contributed by atoms with Gasteiger partial charge in [0.15, 0.2) is 10.9 Å². The molecule has 8 heteroatoms. The third-order valence-corrected chi connectivity index (χ3v) is 6.64. The van der Waals surface area contributed by atoms with E-state index in [4.69, 9.17) is 8.83 Å². The highest BCUT2D eigenvalue weighted by Gasteiger charge is 2.39. The number of hydrogen-bond donors (Lipinski definition) is 1. The van der Waals surface area contributed by atoms with Crippen molar-refractivity contribution in [2.75, 3.05) is 11.9 Å². The number of nitrogens with zero attached hydrogens (tertiary/aromatic N) is 2. The number of thiazole rings is 1. The van der Waals surface area contributed by atoms with Crippen LogP contribution in [0.25, 0.3) is 22.1 Å². The van der Waals surface area contributed by atoms with Crippen molar-refractivity contribution >= 4 is 28.3 Å². The van der Waals surface area contributed by atoms with Crippen molar-refractivity contribution in [3.05, 3.63) is 36.8 Å². The lowest BCUT2D eigenvalue weighted by Gasteiger charge is -2.23. The normalized spacial score (nSPS) is 19.9. The molecule has 5 rings (SSSR count). The maximum absolute atomic E-state index is 12.8. The van der Waals surface area contributed by atoms with Crippen molar-refractivity contribution in [1.29, 1.82) is 0 Å². The molecular weight excluding hydrogens is 390 g/mol. The quantitative estimate of drug-likeness (QED) is 0.672. The van der Waals surface area contributed by atoms with Gasteiger partial charge in [0, 0.05) is 19.0 Å². The molecule has 1 saturated carbocycles. The number of hydrogen-bond acceptors (Lipinski definition) is 6. The van der Waals surface area contributed by atoms with Crippen molar-refractivity contribution < 1.29 is 18.4 Å². The molecule has 2 fully saturated rings. The first-order valence-electron chi connectivity index (χ1n) is 9.88. The van der Waals surface area contributed by atoms with Gasteiger partial charge in [-0.25, -0.2) is 4.98 Å². The van der Waals surface area contributed by atoms with Crippen LogP contribution in [0.1, 0.15) is 32.1 Å². The highest BCUT2D eigenvalue weighted by molar-refractivity contribution is 7.19. The van der Waals surface area contributed by atoms with E-state index in [0.29, 0.717) is 34.9 Å². The third-order valence-electron chi connectivity index (χ3n) is 5.65. The van der Waals surface area contributed by atoms with E-state index >= 15 is 0 Å². The Balaban J connectivity index is 1.35. The Kier molecular flexibility index (Phi) is 4.71. The van der Waals surface area contributed by atoms with Crippen LogP contribution in [0.15, 0.2) is 45.6 Å². The molecule has 4 heterocycles. The molecule has 0 aromatic carbocycles. The van der Waals surface area contributed by atoms with Gasteiger partial charge < -0.3 is 19.1 Å². The fraction of sp³-hybridized carbons (Fsp3) is 0.381. The van der Waals surface area contributed by atoms with Gasteiger partial charge in [-0.2, -0.15) is 0 Å². The average Bonchev–Trinajstić information content (AvgIpc) is 3.52. The number of anilines is 1. The van der Waals surface area contributed by atoms with Gasteiger partial charge in [0.05, 0.1) is 18.4 Å². The lowest BCUT2D eigenvalue weighted by Crippen LogP contribution is -2.35. The van der Waals surface area contributed by atoms with Gasteiger partial charge in [-0.3, -0.25) is 9.59 Å². The summed E-state index contributed by atoms with van der Waals surface area (Å²) in [6, 6.07) is 7.57. The van der Waals surface area contributed by atoms with Crippen LogP contribution in [0.3, 0.4) is 0 Å². The van der Waals surface area contributed by atoms with E-state index in [-0.39, 0.29) is 24.2 Å². The maximum atomic E-state index is 12.8. The average molecular weight is 411 g/mol. The Morgan fingerprint density at radius 3 is 2.55 bits per heavy atom. The second-order valence-electron chi connectivity index (χ2n) is 7.53. The van der Waals surface area contributed by atoms with E-state index in [1.807, 2.05) is 17.0 Å². The molecule has 29 heavy (non-hydrogen) atoms. The number of likely N-dealkylation sites (tertiary alicyclic amines) is 1. The smallest absolute Gasteiger partial charge is 0.231 e. The molecule has 0 unspecified atom stereocenters. The Hall–Kier alpha value is -2.87. The maximum Gasteiger partial charge on any atom is 0.231 e. The minimum atomic E-state index is -0.342. The molecule has 0 bridgehead atoms. The summed E-state index contributed by atoms with van der Waals surface area (Å²) in [5, 5.41) is 3.38. The lowest BCUT2D eigenvalue weighted by molar-refractivity contribution is -0.129. The van der Waals surface area contributed by atoms with E-state index in [9.17, 15) is 9.59 Å². The zero-order chi connectivity index (χ0) is 19.8. The Bertz CT molecular complexity index is 951. The largest absolute Gasteiger partial charge is 0.463 e. The van der Waals surface area contributed by atoms with Crippen LogP contribution >= 0.6 is 11.3 Å². The molecule has 3 aromatic rings. The number of carbonyl (C=O) groups is 2. The molecular formula is C21H21N3O4S. The SMILES string of the molecule is O=C(Nc1nc(-c2ccco2)c(-c2ccco2)s1)[C@H]1CC(=O)N(C2CCCC2)C1. The fourth-order valence-electron chi connectivity index (χ4n) is 4.21. The minimum absolute atomic E-state index is 0.0868. The van der Waals surface area contributed by atoms with E-state index in [2.05, 4.69) is 10.3 Å². The minimum Gasteiger partial charge on any atom is -0.463 e. The van der Waals surface area contributed by atoms with Gasteiger partial charge in [-0.15, -0.1) is 0 Å². The number of carbonyl (C=O) groups excluding carboxylic acids is 2. The van der Waals surface area contributed by atoms with E-state index < -0.39 is 0 Å². The van der Waals surface area contributed by atoms with Crippen LogP contribution in [0.2, 0.25) is 0 Å². The molecule has 3 aromatic heterocycles. The van der Waals surface area contributed by atoms with Crippen molar-refractivity contribution in [2.24, 2.45) is 5.92 Å². The van der Waals surface area contributed by atoms with Crippen molar-refractivity contribution in [1.82, 2.24) is 9.88 Å². The summed E-state index contributed by atoms with van der Waals surface area (Å²) in [7, 11) is 0. The lowest BCUT2D eigenvalue weighted by atomic mass is 10.1. The van der Waals surface area contributed by atoms with E-state index in [0.717, 1.165) is 30.6 Å². The second-order valence-corrected chi connectivity index (χ2v) is 8.53. The van der Waals surface area contributed by atoms with Crippen LogP contribution in [0.5, 0.6) is 0 Å². The first-order valence-corrected chi connectivity index (χ1v) is 10.7. The number of furan rings is 2. The van der Waals surface area contributed by atoms with Gasteiger partial charge in [-0.05, 0) is 37.1 Å². The molecule has 7 nitrogen and oxygen atoms in total. The van der Waals surface area contributed by atoms with Gasteiger partial charge in [0.1, 0.15) is 16.3 Å². The molecule has 1 atom stereocenters. The summed E-state index contributed by atoms with van der Waals surface area (Å²) in [6.07, 6.45) is 7.87. The van der Waals surface area contributed by atoms with Crippen molar-refractivity contribution in [3.63, 3.8) is 0 Å². The van der Waals surface area contributed by atoms with Crippen molar-refractivity contribution in [3.8, 4) is 22.1 Å². The molecule has 1 aliphatic carbocycles. The predicted octanol–water partition coefficient (Wildman–Crippen LogP) is 4.39. The van der Waals surface area contributed by atoms with Crippen LogP contribution in [0.4, 0.5) is 5.13 Å². The van der Waals surface area contributed by atoms with Crippen LogP contribution < -0.4 is 5.32 Å². The number of nitrogens with one attached hydrogen (secondary N) is 1. The standard InChI is InChI=1S/C21H21N3O4S/c25-17-11-13(12-24(17)14-5-1-2-6-14)20(26)23-21-22-18(15-7-3-9-27-15)19(29-21)16-8-4-10-28-16/h3-4,7-10,13-14H,1-2,5-6,11-12H2,(H,22,23,26)/t13-/m0/s1. The van der Waals surface area contributed by atoms with Gasteiger partial charge in [0.2, 0.25) is 11.8 Å². The van der Waals surface area contributed by atoms with Crippen LogP contribution in [-0.4, -0.2) is 34.3 Å². The summed E-state index contributed by atoms with van der Waals surface area (Å²) in [6.45, 7) is 0.497. The van der Waals surface area contributed by atoms with Crippen molar-refractivity contribution in [2.45, 2.75) is 38.1 Å². The molecule has 150 valence electrons. The molecule has 0 radical (unpaired) electrons. The van der Waals surface area contributed by atoms with E-state index in [1.165, 1.54) is 11.3 Å². The fourth-order valence-corrected chi connectivity index (χ4v) is 5.15.